The van der Waals surface area contributed by atoms with Gasteiger partial charge in [-0.15, -0.1) is 0 Å². The summed E-state index contributed by atoms with van der Waals surface area (Å²) in [6.07, 6.45) is 10.4. The van der Waals surface area contributed by atoms with Crippen LogP contribution in [-0.2, 0) is 17.7 Å². The van der Waals surface area contributed by atoms with Crippen LogP contribution in [0.2, 0.25) is 0 Å². The largest absolute Gasteiger partial charge is 0.465 e. The molecule has 1 aliphatic rings. The van der Waals surface area contributed by atoms with Gasteiger partial charge in [0, 0.05) is 18.7 Å². The van der Waals surface area contributed by atoms with Gasteiger partial charge < -0.3 is 14.6 Å². The molecule has 0 unspecified atom stereocenters. The summed E-state index contributed by atoms with van der Waals surface area (Å²) >= 11 is 1.68. The van der Waals surface area contributed by atoms with Gasteiger partial charge in [-0.2, -0.15) is 0 Å². The molecule has 1 N–H and O–H groups in total. The number of aromatic nitrogens is 3. The Morgan fingerprint density at radius 1 is 1.00 bits per heavy atom. The molecule has 6 nitrogen and oxygen atoms in total. The quantitative estimate of drug-likeness (QED) is 0.108. The molecular weight excluding hydrogens is 516 g/mol. The van der Waals surface area contributed by atoms with E-state index >= 15 is 0 Å². The molecule has 6 rings (SSSR count). The SMILES string of the molecule is COC(=O)c1ccc2c(c1)nc(-c1cccc3nc(NCCCc4ccccc4)sc13)n2CCC1=CCCCC1. The molecule has 40 heavy (non-hydrogen) atoms. The Kier molecular flexibility index (Phi) is 7.91. The second-order valence-corrected chi connectivity index (χ2v) is 11.3. The first kappa shape index (κ1) is 26.3. The maximum Gasteiger partial charge on any atom is 0.337 e. The maximum atomic E-state index is 12.2. The normalized spacial score (nSPS) is 13.5. The third kappa shape index (κ3) is 5.65. The number of fused-ring (bicyclic) bond motifs is 2. The Labute approximate surface area is 238 Å². The first-order chi connectivity index (χ1) is 19.7. The van der Waals surface area contributed by atoms with Crippen LogP contribution < -0.4 is 5.32 Å². The van der Waals surface area contributed by atoms with Crippen LogP contribution >= 0.6 is 11.3 Å². The van der Waals surface area contributed by atoms with E-state index in [0.717, 1.165) is 70.1 Å². The number of aryl methyl sites for hydroxylation is 2. The van der Waals surface area contributed by atoms with Crippen LogP contribution in [0.1, 0.15) is 54.4 Å². The second-order valence-electron chi connectivity index (χ2n) is 10.3. The van der Waals surface area contributed by atoms with E-state index in [1.165, 1.54) is 43.9 Å². The third-order valence-electron chi connectivity index (χ3n) is 7.63. The minimum atomic E-state index is -0.349. The Bertz CT molecular complexity index is 1670. The van der Waals surface area contributed by atoms with Crippen LogP contribution in [0.25, 0.3) is 32.6 Å². The zero-order valence-corrected chi connectivity index (χ0v) is 23.7. The standard InChI is InChI=1S/C33H34N4O2S/c1-39-32(38)25-17-18-29-28(22-25)35-31(37(29)21-19-24-12-6-3-7-13-24)26-15-8-16-27-30(26)40-33(36-27)34-20-9-14-23-10-4-2-5-11-23/h2,4-5,8,10-12,15-18,22H,3,6-7,9,13-14,19-21H2,1H3,(H,34,36). The molecule has 3 aromatic carbocycles. The number of allylic oxidation sites excluding steroid dienone is 2. The number of benzene rings is 3. The number of hydrogen-bond acceptors (Lipinski definition) is 6. The Hall–Kier alpha value is -3.97. The van der Waals surface area contributed by atoms with E-state index in [4.69, 9.17) is 14.7 Å². The van der Waals surface area contributed by atoms with E-state index < -0.39 is 0 Å². The molecule has 5 aromatic rings. The minimum Gasteiger partial charge on any atom is -0.465 e. The molecule has 1 aliphatic carbocycles. The van der Waals surface area contributed by atoms with Gasteiger partial charge in [0.15, 0.2) is 5.13 Å². The van der Waals surface area contributed by atoms with Gasteiger partial charge in [0.05, 0.1) is 33.9 Å². The van der Waals surface area contributed by atoms with Crippen molar-refractivity contribution in [3.63, 3.8) is 0 Å². The van der Waals surface area contributed by atoms with Gasteiger partial charge in [-0.3, -0.25) is 0 Å². The van der Waals surface area contributed by atoms with Crippen LogP contribution in [0, 0.1) is 0 Å². The number of ether oxygens (including phenoxy) is 1. The molecule has 7 heteroatoms. The number of rotatable bonds is 10. The molecule has 0 saturated carbocycles. The highest BCUT2D eigenvalue weighted by molar-refractivity contribution is 7.22. The molecule has 0 aliphatic heterocycles. The van der Waals surface area contributed by atoms with Gasteiger partial charge >= 0.3 is 5.97 Å². The lowest BCUT2D eigenvalue weighted by molar-refractivity contribution is 0.0601. The summed E-state index contributed by atoms with van der Waals surface area (Å²) in [5.74, 6) is 0.566. The lowest BCUT2D eigenvalue weighted by Gasteiger charge is -2.15. The van der Waals surface area contributed by atoms with Crippen molar-refractivity contribution in [3.8, 4) is 11.4 Å². The number of imidazole rings is 1. The predicted octanol–water partition coefficient (Wildman–Crippen LogP) is 8.03. The van der Waals surface area contributed by atoms with Gasteiger partial charge in [-0.25, -0.2) is 14.8 Å². The van der Waals surface area contributed by atoms with Crippen LogP contribution in [0.15, 0.2) is 78.4 Å². The molecule has 204 valence electrons. The molecule has 0 fully saturated rings. The number of hydrogen-bond donors (Lipinski definition) is 1. The van der Waals surface area contributed by atoms with Gasteiger partial charge in [-0.05, 0) is 80.8 Å². The fourth-order valence-electron chi connectivity index (χ4n) is 5.53. The molecule has 0 saturated heterocycles. The summed E-state index contributed by atoms with van der Waals surface area (Å²) in [4.78, 5) is 22.2. The number of esters is 1. The van der Waals surface area contributed by atoms with Crippen LogP contribution in [-0.4, -0.2) is 34.2 Å². The molecular formula is C33H34N4O2S. The lowest BCUT2D eigenvalue weighted by Crippen LogP contribution is -2.04. The number of nitrogens with zero attached hydrogens (tertiary/aromatic N) is 3. The van der Waals surface area contributed by atoms with Crippen molar-refractivity contribution in [3.05, 3.63) is 89.5 Å². The first-order valence-electron chi connectivity index (χ1n) is 14.1. The average molecular weight is 551 g/mol. The highest BCUT2D eigenvalue weighted by Crippen LogP contribution is 2.37. The van der Waals surface area contributed by atoms with Crippen LogP contribution in [0.3, 0.4) is 0 Å². The van der Waals surface area contributed by atoms with Crippen LogP contribution in [0.5, 0.6) is 0 Å². The van der Waals surface area contributed by atoms with Crippen molar-refractivity contribution >= 4 is 43.7 Å². The van der Waals surface area contributed by atoms with Crippen molar-refractivity contribution in [2.75, 3.05) is 19.0 Å². The van der Waals surface area contributed by atoms with Crippen molar-refractivity contribution < 1.29 is 9.53 Å². The fraction of sp³-hybridized carbons (Fsp3) is 0.303. The van der Waals surface area contributed by atoms with E-state index in [2.05, 4.69) is 64.5 Å². The summed E-state index contributed by atoms with van der Waals surface area (Å²) in [6, 6.07) is 22.5. The van der Waals surface area contributed by atoms with Crippen molar-refractivity contribution in [1.29, 1.82) is 0 Å². The molecule has 0 spiro atoms. The van der Waals surface area contributed by atoms with Crippen molar-refractivity contribution in [2.45, 2.75) is 51.5 Å². The molecule has 0 radical (unpaired) electrons. The first-order valence-corrected chi connectivity index (χ1v) is 15.0. The van der Waals surface area contributed by atoms with E-state index in [1.807, 2.05) is 18.2 Å². The van der Waals surface area contributed by atoms with Gasteiger partial charge in [-0.1, -0.05) is 59.4 Å². The summed E-state index contributed by atoms with van der Waals surface area (Å²) in [5.41, 5.74) is 7.27. The van der Waals surface area contributed by atoms with E-state index in [1.54, 1.807) is 11.3 Å². The third-order valence-corrected chi connectivity index (χ3v) is 8.69. The van der Waals surface area contributed by atoms with E-state index in [0.29, 0.717) is 5.56 Å². The smallest absolute Gasteiger partial charge is 0.337 e. The number of carbonyl (C=O) groups excluding carboxylic acids is 1. The van der Waals surface area contributed by atoms with Gasteiger partial charge in [0.2, 0.25) is 0 Å². The van der Waals surface area contributed by atoms with Crippen molar-refractivity contribution in [1.82, 2.24) is 14.5 Å². The number of thiazole rings is 1. The summed E-state index contributed by atoms with van der Waals surface area (Å²) in [5, 5.41) is 4.47. The highest BCUT2D eigenvalue weighted by atomic mass is 32.1. The monoisotopic (exact) mass is 550 g/mol. The molecule has 0 bridgehead atoms. The number of methoxy groups -OCH3 is 1. The molecule has 0 atom stereocenters. The fourth-order valence-corrected chi connectivity index (χ4v) is 6.53. The topological polar surface area (TPSA) is 69.0 Å². The van der Waals surface area contributed by atoms with E-state index in [9.17, 15) is 4.79 Å². The molecule has 2 aromatic heterocycles. The molecule has 0 amide bonds. The number of nitrogens with one attached hydrogen (secondary N) is 1. The summed E-state index contributed by atoms with van der Waals surface area (Å²) in [7, 11) is 1.41. The Morgan fingerprint density at radius 3 is 2.73 bits per heavy atom. The summed E-state index contributed by atoms with van der Waals surface area (Å²) < 4.78 is 8.40. The average Bonchev–Trinajstić information content (AvgIpc) is 3.59. The number of carbonyl (C=O) groups is 1. The maximum absolute atomic E-state index is 12.2. The zero-order chi connectivity index (χ0) is 27.3. The summed E-state index contributed by atoms with van der Waals surface area (Å²) in [6.45, 7) is 1.71. The highest BCUT2D eigenvalue weighted by Gasteiger charge is 2.19. The minimum absolute atomic E-state index is 0.349. The van der Waals surface area contributed by atoms with Gasteiger partial charge in [0.25, 0.3) is 0 Å². The Morgan fingerprint density at radius 2 is 1.90 bits per heavy atom. The zero-order valence-electron chi connectivity index (χ0n) is 22.9. The second kappa shape index (κ2) is 12.0. The predicted molar refractivity (Wildman–Crippen MR) is 164 cm³/mol. The number of anilines is 1. The van der Waals surface area contributed by atoms with Gasteiger partial charge in [0.1, 0.15) is 5.82 Å². The molecule has 2 heterocycles. The Balaban J connectivity index is 1.31. The van der Waals surface area contributed by atoms with Crippen molar-refractivity contribution in [2.24, 2.45) is 0 Å². The van der Waals surface area contributed by atoms with E-state index in [-0.39, 0.29) is 5.97 Å². The van der Waals surface area contributed by atoms with Crippen LogP contribution in [0.4, 0.5) is 5.13 Å². The lowest BCUT2D eigenvalue weighted by atomic mass is 9.97.